The van der Waals surface area contributed by atoms with Crippen molar-refractivity contribution >= 4 is 0 Å². The van der Waals surface area contributed by atoms with Crippen LogP contribution in [0.1, 0.15) is 16.7 Å². The first-order valence-electron chi connectivity index (χ1n) is 11.2. The number of benzene rings is 3. The summed E-state index contributed by atoms with van der Waals surface area (Å²) in [6, 6.07) is 28.1. The molecule has 1 aliphatic heterocycles. The Balaban J connectivity index is 1.50. The molecule has 34 heavy (non-hydrogen) atoms. The number of aliphatic hydroxyl groups is 2. The highest BCUT2D eigenvalue weighted by atomic mass is 19.2. The van der Waals surface area contributed by atoms with Gasteiger partial charge in [0.2, 0.25) is 6.29 Å². The van der Waals surface area contributed by atoms with Crippen molar-refractivity contribution in [2.45, 2.75) is 50.3 Å². The molecule has 1 fully saturated rings. The summed E-state index contributed by atoms with van der Waals surface area (Å²) in [4.78, 5) is 0. The van der Waals surface area contributed by atoms with Gasteiger partial charge in [-0.3, -0.25) is 0 Å². The van der Waals surface area contributed by atoms with E-state index in [1.54, 1.807) is 0 Å². The third-order valence-electron chi connectivity index (χ3n) is 5.67. The van der Waals surface area contributed by atoms with Gasteiger partial charge in [-0.2, -0.15) is 0 Å². The van der Waals surface area contributed by atoms with E-state index in [9.17, 15) is 10.2 Å². The molecule has 3 aromatic carbocycles. The Morgan fingerprint density at radius 1 is 0.735 bits per heavy atom. The molecular formula is C27H29FO6. The quantitative estimate of drug-likeness (QED) is 0.472. The number of aliphatic hydroxyl groups excluding tert-OH is 1. The molecule has 0 saturated carbocycles. The van der Waals surface area contributed by atoms with Crippen LogP contribution in [0.2, 0.25) is 0 Å². The molecule has 2 N–H and O–H groups in total. The van der Waals surface area contributed by atoms with Crippen molar-refractivity contribution in [1.82, 2.24) is 0 Å². The predicted molar refractivity (Wildman–Crippen MR) is 123 cm³/mol. The van der Waals surface area contributed by atoms with E-state index in [0.29, 0.717) is 6.61 Å². The maximum absolute atomic E-state index is 15.3. The zero-order valence-corrected chi connectivity index (χ0v) is 18.7. The van der Waals surface area contributed by atoms with Gasteiger partial charge in [-0.25, -0.2) is 4.39 Å². The van der Waals surface area contributed by atoms with E-state index in [1.807, 2.05) is 91.0 Å². The van der Waals surface area contributed by atoms with Gasteiger partial charge in [-0.15, -0.1) is 0 Å². The van der Waals surface area contributed by atoms with Gasteiger partial charge in [0.05, 0.1) is 26.4 Å². The number of halogens is 1. The molecule has 6 nitrogen and oxygen atoms in total. The van der Waals surface area contributed by atoms with Crippen LogP contribution in [0, 0.1) is 0 Å². The number of ether oxygens (including phenoxy) is 4. The van der Waals surface area contributed by atoms with Gasteiger partial charge >= 0.3 is 0 Å². The standard InChI is InChI=1S/C27H29FO6/c28-27(30)25(33-18-22-14-8-3-9-15-22)24(32-17-21-12-6-2-7-13-21)23(34-26(27)29)19-31-16-20-10-4-1-5-11-20/h1-15,23-26,29-30H,16-19H2/t23-,24-,25+,26+,27-/m1/s1. The molecule has 5 atom stereocenters. The third kappa shape index (κ3) is 6.27. The summed E-state index contributed by atoms with van der Waals surface area (Å²) in [7, 11) is 0. The van der Waals surface area contributed by atoms with E-state index in [-0.39, 0.29) is 19.8 Å². The lowest BCUT2D eigenvalue weighted by Gasteiger charge is -2.45. The summed E-state index contributed by atoms with van der Waals surface area (Å²) in [6.45, 7) is 0.471. The fourth-order valence-corrected chi connectivity index (χ4v) is 3.84. The van der Waals surface area contributed by atoms with E-state index in [1.165, 1.54) is 0 Å². The molecule has 1 saturated heterocycles. The monoisotopic (exact) mass is 468 g/mol. The second kappa shape index (κ2) is 11.7. The minimum absolute atomic E-state index is 0.00663. The van der Waals surface area contributed by atoms with Crippen molar-refractivity contribution in [1.29, 1.82) is 0 Å². The number of alkyl halides is 1. The average molecular weight is 469 g/mol. The maximum Gasteiger partial charge on any atom is 0.287 e. The third-order valence-corrected chi connectivity index (χ3v) is 5.67. The van der Waals surface area contributed by atoms with Gasteiger partial charge in [-0.05, 0) is 16.7 Å². The second-order valence-electron chi connectivity index (χ2n) is 8.23. The molecule has 1 heterocycles. The Morgan fingerprint density at radius 3 is 1.74 bits per heavy atom. The van der Waals surface area contributed by atoms with Gasteiger partial charge in [0.15, 0.2) is 6.10 Å². The molecule has 180 valence electrons. The first-order chi connectivity index (χ1) is 16.5. The van der Waals surface area contributed by atoms with Gasteiger partial charge in [0.25, 0.3) is 5.85 Å². The SMILES string of the molecule is O[C@H]1O[C@H](COCc2ccccc2)[C@@H](OCc2ccccc2)[C@H](OCc2ccccc2)[C@]1(O)F. The molecule has 0 radical (unpaired) electrons. The van der Waals surface area contributed by atoms with Crippen molar-refractivity contribution in [3.05, 3.63) is 108 Å². The predicted octanol–water partition coefficient (Wildman–Crippen LogP) is 3.75. The maximum atomic E-state index is 15.3. The molecule has 0 aromatic heterocycles. The molecule has 1 aliphatic rings. The lowest BCUT2D eigenvalue weighted by Crippen LogP contribution is -2.66. The van der Waals surface area contributed by atoms with Crippen molar-refractivity contribution < 1.29 is 33.6 Å². The molecule has 0 amide bonds. The highest BCUT2D eigenvalue weighted by Gasteiger charge is 2.57. The smallest absolute Gasteiger partial charge is 0.287 e. The average Bonchev–Trinajstić information content (AvgIpc) is 2.86. The van der Waals surface area contributed by atoms with Gasteiger partial charge in [0.1, 0.15) is 12.2 Å². The number of hydrogen-bond donors (Lipinski definition) is 2. The Hall–Kier alpha value is -2.65. The van der Waals surface area contributed by atoms with Crippen LogP contribution < -0.4 is 0 Å². The molecule has 0 unspecified atom stereocenters. The first-order valence-corrected chi connectivity index (χ1v) is 11.2. The van der Waals surface area contributed by atoms with E-state index in [2.05, 4.69) is 0 Å². The molecule has 7 heteroatoms. The number of hydrogen-bond acceptors (Lipinski definition) is 6. The molecule has 0 spiro atoms. The Morgan fingerprint density at radius 2 is 1.21 bits per heavy atom. The number of rotatable bonds is 10. The van der Waals surface area contributed by atoms with Crippen molar-refractivity contribution in [2.75, 3.05) is 6.61 Å². The van der Waals surface area contributed by atoms with Crippen LogP contribution in [0.3, 0.4) is 0 Å². The van der Waals surface area contributed by atoms with Crippen molar-refractivity contribution in [2.24, 2.45) is 0 Å². The molecular weight excluding hydrogens is 439 g/mol. The highest BCUT2D eigenvalue weighted by molar-refractivity contribution is 5.15. The summed E-state index contributed by atoms with van der Waals surface area (Å²) in [5.41, 5.74) is 2.61. The molecule has 3 aromatic rings. The minimum Gasteiger partial charge on any atom is -0.374 e. The van der Waals surface area contributed by atoms with E-state index in [0.717, 1.165) is 16.7 Å². The normalized spacial score (nSPS) is 26.9. The van der Waals surface area contributed by atoms with Crippen molar-refractivity contribution in [3.63, 3.8) is 0 Å². The Labute approximate surface area is 198 Å². The van der Waals surface area contributed by atoms with Crippen LogP contribution in [0.15, 0.2) is 91.0 Å². The highest BCUT2D eigenvalue weighted by Crippen LogP contribution is 2.35. The first kappa shape index (κ1) is 24.5. The zero-order valence-electron chi connectivity index (χ0n) is 18.7. The molecule has 0 bridgehead atoms. The Kier molecular flexibility index (Phi) is 8.39. The van der Waals surface area contributed by atoms with E-state index < -0.39 is 30.5 Å². The summed E-state index contributed by atoms with van der Waals surface area (Å²) >= 11 is 0. The van der Waals surface area contributed by atoms with Crippen LogP contribution in [0.4, 0.5) is 4.39 Å². The minimum atomic E-state index is -3.17. The topological polar surface area (TPSA) is 77.4 Å². The van der Waals surface area contributed by atoms with Crippen molar-refractivity contribution in [3.8, 4) is 0 Å². The zero-order chi connectivity index (χ0) is 23.8. The van der Waals surface area contributed by atoms with Crippen LogP contribution in [0.5, 0.6) is 0 Å². The van der Waals surface area contributed by atoms with Crippen LogP contribution >= 0.6 is 0 Å². The summed E-state index contributed by atoms with van der Waals surface area (Å²) in [5.74, 6) is -3.17. The van der Waals surface area contributed by atoms with Gasteiger partial charge < -0.3 is 29.2 Å². The van der Waals surface area contributed by atoms with Crippen LogP contribution in [0.25, 0.3) is 0 Å². The van der Waals surface area contributed by atoms with Crippen LogP contribution in [-0.2, 0) is 38.8 Å². The lowest BCUT2D eigenvalue weighted by molar-refractivity contribution is -0.383. The van der Waals surface area contributed by atoms with Crippen LogP contribution in [-0.4, -0.2) is 47.3 Å². The van der Waals surface area contributed by atoms with Gasteiger partial charge in [-0.1, -0.05) is 91.0 Å². The molecule has 0 aliphatic carbocycles. The summed E-state index contributed by atoms with van der Waals surface area (Å²) in [5, 5.41) is 20.7. The Bertz CT molecular complexity index is 986. The summed E-state index contributed by atoms with van der Waals surface area (Å²) in [6.07, 6.45) is -5.54. The van der Waals surface area contributed by atoms with E-state index >= 15 is 4.39 Å². The summed E-state index contributed by atoms with van der Waals surface area (Å²) < 4.78 is 38.4. The van der Waals surface area contributed by atoms with E-state index in [4.69, 9.17) is 18.9 Å². The van der Waals surface area contributed by atoms with Gasteiger partial charge in [0, 0.05) is 0 Å². The fraction of sp³-hybridized carbons (Fsp3) is 0.333. The second-order valence-corrected chi connectivity index (χ2v) is 8.23. The largest absolute Gasteiger partial charge is 0.374 e. The fourth-order valence-electron chi connectivity index (χ4n) is 3.84. The molecule has 4 rings (SSSR count). The lowest BCUT2D eigenvalue weighted by atomic mass is 9.96.